The molecular formula is C14H23N5O3. The number of aryl methyl sites for hydroxylation is 1. The van der Waals surface area contributed by atoms with Crippen molar-refractivity contribution < 1.29 is 14.1 Å². The Morgan fingerprint density at radius 3 is 3.05 bits per heavy atom. The predicted molar refractivity (Wildman–Crippen MR) is 81.1 cm³/mol. The number of amides is 2. The molecule has 22 heavy (non-hydrogen) atoms. The number of piperidine rings is 1. The van der Waals surface area contributed by atoms with Gasteiger partial charge in [-0.15, -0.1) is 0 Å². The van der Waals surface area contributed by atoms with Crippen molar-refractivity contribution in [1.82, 2.24) is 15.4 Å². The first-order valence-corrected chi connectivity index (χ1v) is 7.52. The van der Waals surface area contributed by atoms with Crippen LogP contribution in [0.15, 0.2) is 10.6 Å². The number of carbonyl (C=O) groups is 2. The van der Waals surface area contributed by atoms with Crippen LogP contribution in [0.3, 0.4) is 0 Å². The molecule has 2 heterocycles. The van der Waals surface area contributed by atoms with Gasteiger partial charge in [0, 0.05) is 25.7 Å². The topological polar surface area (TPSA) is 113 Å². The zero-order valence-electron chi connectivity index (χ0n) is 12.8. The van der Waals surface area contributed by atoms with Crippen molar-refractivity contribution in [3.63, 3.8) is 0 Å². The highest BCUT2D eigenvalue weighted by atomic mass is 16.5. The van der Waals surface area contributed by atoms with E-state index in [1.807, 2.05) is 4.90 Å². The number of carbonyl (C=O) groups excluding carboxylic acids is 2. The first kappa shape index (κ1) is 16.4. The van der Waals surface area contributed by atoms with Crippen molar-refractivity contribution in [3.05, 3.63) is 11.8 Å². The third-order valence-electron chi connectivity index (χ3n) is 3.58. The Bertz CT molecular complexity index is 516. The summed E-state index contributed by atoms with van der Waals surface area (Å²) in [6, 6.07) is 1.66. The van der Waals surface area contributed by atoms with Gasteiger partial charge in [0.05, 0.1) is 12.5 Å². The molecule has 2 rings (SSSR count). The van der Waals surface area contributed by atoms with Gasteiger partial charge in [-0.1, -0.05) is 5.16 Å². The highest BCUT2D eigenvalue weighted by molar-refractivity contribution is 5.91. The van der Waals surface area contributed by atoms with Gasteiger partial charge in [0.1, 0.15) is 5.76 Å². The van der Waals surface area contributed by atoms with E-state index in [0.717, 1.165) is 19.4 Å². The molecule has 1 fully saturated rings. The van der Waals surface area contributed by atoms with Crippen LogP contribution in [0.2, 0.25) is 0 Å². The second-order valence-electron chi connectivity index (χ2n) is 5.52. The van der Waals surface area contributed by atoms with E-state index in [1.54, 1.807) is 13.0 Å². The van der Waals surface area contributed by atoms with Gasteiger partial charge in [0.15, 0.2) is 5.82 Å². The lowest BCUT2D eigenvalue weighted by atomic mass is 9.97. The monoisotopic (exact) mass is 309 g/mol. The van der Waals surface area contributed by atoms with Crippen LogP contribution >= 0.6 is 0 Å². The van der Waals surface area contributed by atoms with Crippen LogP contribution in [0.4, 0.5) is 5.82 Å². The maximum absolute atomic E-state index is 12.0. The van der Waals surface area contributed by atoms with E-state index in [9.17, 15) is 9.59 Å². The van der Waals surface area contributed by atoms with Crippen molar-refractivity contribution in [2.24, 2.45) is 11.7 Å². The summed E-state index contributed by atoms with van der Waals surface area (Å²) in [5.74, 6) is 0.836. The molecule has 0 bridgehead atoms. The summed E-state index contributed by atoms with van der Waals surface area (Å²) in [5, 5.41) is 9.22. The van der Waals surface area contributed by atoms with Gasteiger partial charge in [-0.05, 0) is 26.3 Å². The average Bonchev–Trinajstić information content (AvgIpc) is 2.90. The molecule has 1 aliphatic heterocycles. The molecular weight excluding hydrogens is 286 g/mol. The largest absolute Gasteiger partial charge is 0.360 e. The van der Waals surface area contributed by atoms with E-state index in [0.29, 0.717) is 31.2 Å². The molecule has 0 aliphatic carbocycles. The Morgan fingerprint density at radius 2 is 2.36 bits per heavy atom. The lowest BCUT2D eigenvalue weighted by molar-refractivity contribution is -0.127. The molecule has 2 amide bonds. The molecule has 0 saturated carbocycles. The van der Waals surface area contributed by atoms with Gasteiger partial charge in [0.25, 0.3) is 0 Å². The highest BCUT2D eigenvalue weighted by Crippen LogP contribution is 2.16. The van der Waals surface area contributed by atoms with Crippen molar-refractivity contribution in [3.8, 4) is 0 Å². The molecule has 0 radical (unpaired) electrons. The van der Waals surface area contributed by atoms with Crippen molar-refractivity contribution in [2.45, 2.75) is 19.8 Å². The number of hydrogen-bond acceptors (Lipinski definition) is 6. The molecule has 1 aliphatic rings. The Labute approximate surface area is 129 Å². The van der Waals surface area contributed by atoms with E-state index in [2.05, 4.69) is 15.8 Å². The zero-order valence-corrected chi connectivity index (χ0v) is 12.8. The summed E-state index contributed by atoms with van der Waals surface area (Å²) in [7, 11) is 0. The summed E-state index contributed by atoms with van der Waals surface area (Å²) in [6.07, 6.45) is 1.74. The Kier molecular flexibility index (Phi) is 5.91. The van der Waals surface area contributed by atoms with Gasteiger partial charge in [-0.25, -0.2) is 0 Å². The summed E-state index contributed by atoms with van der Waals surface area (Å²) in [6.45, 7) is 4.32. The van der Waals surface area contributed by atoms with Crippen LogP contribution in [0.5, 0.6) is 0 Å². The maximum atomic E-state index is 12.0. The van der Waals surface area contributed by atoms with Crippen molar-refractivity contribution in [2.75, 3.05) is 38.0 Å². The fourth-order valence-corrected chi connectivity index (χ4v) is 2.56. The number of likely N-dealkylation sites (tertiary alicyclic amines) is 1. The van der Waals surface area contributed by atoms with Gasteiger partial charge in [-0.2, -0.15) is 0 Å². The summed E-state index contributed by atoms with van der Waals surface area (Å²) >= 11 is 0. The lowest BCUT2D eigenvalue weighted by Gasteiger charge is -2.31. The summed E-state index contributed by atoms with van der Waals surface area (Å²) in [4.78, 5) is 25.9. The van der Waals surface area contributed by atoms with Crippen LogP contribution in [0.25, 0.3) is 0 Å². The third-order valence-corrected chi connectivity index (χ3v) is 3.58. The predicted octanol–water partition coefficient (Wildman–Crippen LogP) is -0.292. The molecule has 122 valence electrons. The van der Waals surface area contributed by atoms with E-state index in [-0.39, 0.29) is 24.3 Å². The number of hydrogen-bond donors (Lipinski definition) is 3. The van der Waals surface area contributed by atoms with E-state index < -0.39 is 0 Å². The molecule has 0 aromatic carbocycles. The van der Waals surface area contributed by atoms with Gasteiger partial charge < -0.3 is 20.9 Å². The Hall–Kier alpha value is -1.93. The normalized spacial score (nSPS) is 18.9. The highest BCUT2D eigenvalue weighted by Gasteiger charge is 2.26. The standard InChI is InChI=1S/C14H23N5O3/c1-10-7-12(18-22-10)17-13(20)9-19-6-2-3-11(8-19)14(21)16-5-4-15/h7,11H,2-6,8-9,15H2,1H3,(H,16,21)(H,17,18,20). The fourth-order valence-electron chi connectivity index (χ4n) is 2.56. The molecule has 1 saturated heterocycles. The first-order chi connectivity index (χ1) is 10.6. The van der Waals surface area contributed by atoms with E-state index >= 15 is 0 Å². The smallest absolute Gasteiger partial charge is 0.239 e. The SMILES string of the molecule is Cc1cc(NC(=O)CN2CCCC(C(=O)NCCN)C2)no1. The quantitative estimate of drug-likeness (QED) is 0.665. The Morgan fingerprint density at radius 1 is 1.55 bits per heavy atom. The molecule has 1 atom stereocenters. The first-order valence-electron chi connectivity index (χ1n) is 7.52. The van der Waals surface area contributed by atoms with Crippen molar-refractivity contribution >= 4 is 17.6 Å². The Balaban J connectivity index is 1.79. The maximum Gasteiger partial charge on any atom is 0.239 e. The second kappa shape index (κ2) is 7.90. The number of nitrogens with one attached hydrogen (secondary N) is 2. The van der Waals surface area contributed by atoms with Gasteiger partial charge in [0.2, 0.25) is 11.8 Å². The van der Waals surface area contributed by atoms with Crippen LogP contribution in [0.1, 0.15) is 18.6 Å². The molecule has 4 N–H and O–H groups in total. The second-order valence-corrected chi connectivity index (χ2v) is 5.52. The number of nitrogens with two attached hydrogens (primary N) is 1. The number of nitrogens with zero attached hydrogens (tertiary/aromatic N) is 2. The number of rotatable bonds is 6. The van der Waals surface area contributed by atoms with Gasteiger partial charge in [-0.3, -0.25) is 14.5 Å². The summed E-state index contributed by atoms with van der Waals surface area (Å²) in [5.41, 5.74) is 5.38. The minimum Gasteiger partial charge on any atom is -0.360 e. The number of aromatic nitrogens is 1. The minimum atomic E-state index is -0.156. The van der Waals surface area contributed by atoms with Crippen LogP contribution in [0, 0.1) is 12.8 Å². The lowest BCUT2D eigenvalue weighted by Crippen LogP contribution is -2.46. The van der Waals surface area contributed by atoms with Crippen LogP contribution in [-0.4, -0.2) is 54.6 Å². The molecule has 0 spiro atoms. The fraction of sp³-hybridized carbons (Fsp3) is 0.643. The van der Waals surface area contributed by atoms with E-state index in [1.165, 1.54) is 0 Å². The minimum absolute atomic E-state index is 0.0164. The van der Waals surface area contributed by atoms with Crippen LogP contribution in [-0.2, 0) is 9.59 Å². The van der Waals surface area contributed by atoms with Crippen LogP contribution < -0.4 is 16.4 Å². The molecule has 8 heteroatoms. The molecule has 1 aromatic heterocycles. The zero-order chi connectivity index (χ0) is 15.9. The van der Waals surface area contributed by atoms with E-state index in [4.69, 9.17) is 10.3 Å². The molecule has 1 aromatic rings. The summed E-state index contributed by atoms with van der Waals surface area (Å²) < 4.78 is 4.90. The molecule has 1 unspecified atom stereocenters. The molecule has 8 nitrogen and oxygen atoms in total. The van der Waals surface area contributed by atoms with Crippen molar-refractivity contribution in [1.29, 1.82) is 0 Å². The number of anilines is 1. The van der Waals surface area contributed by atoms with Gasteiger partial charge >= 0.3 is 0 Å². The average molecular weight is 309 g/mol. The third kappa shape index (κ3) is 4.81.